The number of ether oxygens (including phenoxy) is 1. The van der Waals surface area contributed by atoms with Gasteiger partial charge >= 0.3 is 18.4 Å². The highest BCUT2D eigenvalue weighted by Crippen LogP contribution is 2.50. The highest BCUT2D eigenvalue weighted by Gasteiger charge is 2.71. The second kappa shape index (κ2) is 12.8. The number of pyridine rings is 1. The van der Waals surface area contributed by atoms with Crippen molar-refractivity contribution in [3.63, 3.8) is 0 Å². The number of rotatable bonds is 9. The molecule has 2 aliphatic rings. The molecule has 10 nitrogen and oxygen atoms in total. The molecule has 3 heterocycles. The third-order valence-corrected chi connectivity index (χ3v) is 8.31. The Morgan fingerprint density at radius 1 is 1.11 bits per heavy atom. The molecule has 2 atom stereocenters. The normalized spacial score (nSPS) is 21.0. The number of aryl methyl sites for hydroxylation is 1. The van der Waals surface area contributed by atoms with Crippen molar-refractivity contribution in [2.45, 2.75) is 83.1 Å². The van der Waals surface area contributed by atoms with E-state index < -0.39 is 59.5 Å². The van der Waals surface area contributed by atoms with Gasteiger partial charge in [0.15, 0.2) is 5.54 Å². The zero-order chi connectivity index (χ0) is 35.1. The highest BCUT2D eigenvalue weighted by atomic mass is 19.4. The van der Waals surface area contributed by atoms with Crippen molar-refractivity contribution in [2.75, 3.05) is 31.1 Å². The van der Waals surface area contributed by atoms with E-state index in [9.17, 15) is 45.8 Å². The van der Waals surface area contributed by atoms with Gasteiger partial charge in [-0.15, -0.1) is 0 Å². The van der Waals surface area contributed by atoms with Crippen molar-refractivity contribution >= 4 is 23.5 Å². The predicted molar refractivity (Wildman–Crippen MR) is 157 cm³/mol. The Morgan fingerprint density at radius 2 is 1.77 bits per heavy atom. The first-order valence-electron chi connectivity index (χ1n) is 15.1. The van der Waals surface area contributed by atoms with E-state index in [4.69, 9.17) is 4.74 Å². The molecule has 0 radical (unpaired) electrons. The lowest BCUT2D eigenvalue weighted by atomic mass is 9.89. The Balaban J connectivity index is 1.48. The summed E-state index contributed by atoms with van der Waals surface area (Å²) in [6, 6.07) is 4.36. The highest BCUT2D eigenvalue weighted by molar-refractivity contribution is 6.09. The quantitative estimate of drug-likeness (QED) is 0.295. The monoisotopic (exact) mass is 673 g/mol. The van der Waals surface area contributed by atoms with Crippen LogP contribution in [0.3, 0.4) is 0 Å². The number of piperazine rings is 1. The Bertz CT molecular complexity index is 1490. The van der Waals surface area contributed by atoms with Crippen molar-refractivity contribution in [1.82, 2.24) is 20.1 Å². The van der Waals surface area contributed by atoms with Crippen LogP contribution in [-0.2, 0) is 27.1 Å². The molecule has 16 heteroatoms. The Hall–Kier alpha value is -4.08. The maximum absolute atomic E-state index is 13.5. The second-order valence-electron chi connectivity index (χ2n) is 12.2. The first-order valence-corrected chi connectivity index (χ1v) is 15.1. The number of imide groups is 1. The van der Waals surface area contributed by atoms with Crippen LogP contribution in [0.4, 0.5) is 36.8 Å². The molecule has 47 heavy (non-hydrogen) atoms. The number of carbonyl (C=O) groups is 3. The molecule has 2 fully saturated rings. The minimum absolute atomic E-state index is 0.0983. The van der Waals surface area contributed by atoms with Crippen LogP contribution in [-0.4, -0.2) is 88.4 Å². The molecule has 1 aromatic carbocycles. The number of alkyl halides is 6. The topological polar surface area (TPSA) is 115 Å². The van der Waals surface area contributed by atoms with E-state index in [2.05, 4.69) is 10.3 Å². The molecule has 2 N–H and O–H groups in total. The fourth-order valence-corrected chi connectivity index (χ4v) is 5.88. The molecule has 0 aliphatic carbocycles. The molecular formula is C31H37F6N5O5. The Kier molecular flexibility index (Phi) is 9.78. The lowest BCUT2D eigenvalue weighted by Gasteiger charge is -2.42. The lowest BCUT2D eigenvalue weighted by molar-refractivity contribution is -0.376. The number of halogens is 6. The third-order valence-electron chi connectivity index (χ3n) is 8.31. The van der Waals surface area contributed by atoms with Crippen molar-refractivity contribution in [1.29, 1.82) is 0 Å². The van der Waals surface area contributed by atoms with Crippen LogP contribution < -0.4 is 15.0 Å². The number of carbonyl (C=O) groups excluding carboxylic acids is 3. The summed E-state index contributed by atoms with van der Waals surface area (Å²) in [7, 11) is 0. The summed E-state index contributed by atoms with van der Waals surface area (Å²) in [5.74, 6) is -0.719. The molecular weight excluding hydrogens is 636 g/mol. The molecule has 0 saturated carbocycles. The summed E-state index contributed by atoms with van der Waals surface area (Å²) in [5, 5.41) is 12.5. The molecule has 2 saturated heterocycles. The summed E-state index contributed by atoms with van der Waals surface area (Å²) < 4.78 is 86.7. The SMILES string of the molecule is CCCc1cc(C(O)(C(F)(F)F)C(F)(F)F)ccc1N1CCN(C(=O)CN2C(=O)NC(C)(c3ccc(OC(C)C)cn3)C2=O)C(C)C1. The molecule has 2 aromatic rings. The number of amides is 4. The van der Waals surface area contributed by atoms with E-state index in [-0.39, 0.29) is 43.4 Å². The smallest absolute Gasteiger partial charge is 0.430 e. The predicted octanol–water partition coefficient (Wildman–Crippen LogP) is 4.64. The number of hydrogen-bond acceptors (Lipinski definition) is 7. The number of benzene rings is 1. The molecule has 0 bridgehead atoms. The number of anilines is 1. The van der Waals surface area contributed by atoms with Gasteiger partial charge in [0.1, 0.15) is 12.3 Å². The van der Waals surface area contributed by atoms with Gasteiger partial charge in [-0.2, -0.15) is 26.3 Å². The van der Waals surface area contributed by atoms with Gasteiger partial charge in [-0.05, 0) is 57.9 Å². The third kappa shape index (κ3) is 6.69. The van der Waals surface area contributed by atoms with E-state index in [1.165, 1.54) is 18.0 Å². The van der Waals surface area contributed by atoms with E-state index in [1.807, 2.05) is 13.8 Å². The Morgan fingerprint density at radius 3 is 2.30 bits per heavy atom. The van der Waals surface area contributed by atoms with E-state index >= 15 is 0 Å². The van der Waals surface area contributed by atoms with Crippen LogP contribution in [0.1, 0.15) is 57.9 Å². The summed E-state index contributed by atoms with van der Waals surface area (Å²) in [4.78, 5) is 47.9. The van der Waals surface area contributed by atoms with Gasteiger partial charge in [-0.25, -0.2) is 4.79 Å². The van der Waals surface area contributed by atoms with E-state index in [0.717, 1.165) is 17.0 Å². The fourth-order valence-electron chi connectivity index (χ4n) is 5.88. The molecule has 0 spiro atoms. The average Bonchev–Trinajstić information content (AvgIpc) is 3.19. The minimum atomic E-state index is -6.01. The van der Waals surface area contributed by atoms with E-state index in [0.29, 0.717) is 23.9 Å². The van der Waals surface area contributed by atoms with Crippen LogP contribution >= 0.6 is 0 Å². The zero-order valence-electron chi connectivity index (χ0n) is 26.5. The molecule has 4 rings (SSSR count). The van der Waals surface area contributed by atoms with Gasteiger partial charge in [-0.3, -0.25) is 19.5 Å². The molecule has 258 valence electrons. The number of aromatic nitrogens is 1. The molecule has 1 aromatic heterocycles. The van der Waals surface area contributed by atoms with Crippen molar-refractivity contribution in [3.05, 3.63) is 53.3 Å². The first-order chi connectivity index (χ1) is 21.7. The number of hydrogen-bond donors (Lipinski definition) is 2. The molecule has 2 unspecified atom stereocenters. The zero-order valence-corrected chi connectivity index (χ0v) is 26.5. The van der Waals surface area contributed by atoms with E-state index in [1.54, 1.807) is 30.9 Å². The maximum Gasteiger partial charge on any atom is 0.430 e. The van der Waals surface area contributed by atoms with Gasteiger partial charge in [0.05, 0.1) is 18.0 Å². The van der Waals surface area contributed by atoms with Crippen molar-refractivity contribution < 1.29 is 50.6 Å². The number of urea groups is 1. The van der Waals surface area contributed by atoms with Crippen LogP contribution in [0.15, 0.2) is 36.5 Å². The van der Waals surface area contributed by atoms with Gasteiger partial charge in [0, 0.05) is 36.9 Å². The Labute approximate surface area is 267 Å². The average molecular weight is 674 g/mol. The first kappa shape index (κ1) is 35.8. The number of nitrogens with zero attached hydrogens (tertiary/aromatic N) is 4. The number of nitrogens with one attached hydrogen (secondary N) is 1. The van der Waals surface area contributed by atoms with Crippen LogP contribution in [0.2, 0.25) is 0 Å². The van der Waals surface area contributed by atoms with Gasteiger partial charge in [0.2, 0.25) is 5.91 Å². The maximum atomic E-state index is 13.5. The van der Waals surface area contributed by atoms with Crippen LogP contribution in [0.25, 0.3) is 0 Å². The lowest BCUT2D eigenvalue weighted by Crippen LogP contribution is -2.56. The standard InChI is InChI=1S/C31H37F6N5O5/c1-6-7-20-14-21(29(46,30(32,33)34)31(35,36)37)8-10-23(20)40-12-13-41(19(4)16-40)25(43)17-42-26(44)28(5,39-27(42)45)24-11-9-22(15-38-24)47-18(2)3/h8-11,14-15,18-19,46H,6-7,12-13,16-17H2,1-5H3,(H,39,45). The largest absolute Gasteiger partial charge is 0.489 e. The van der Waals surface area contributed by atoms with Crippen LogP contribution in [0.5, 0.6) is 5.75 Å². The molecule has 2 aliphatic heterocycles. The minimum Gasteiger partial charge on any atom is -0.489 e. The van der Waals surface area contributed by atoms with Gasteiger partial charge in [-0.1, -0.05) is 25.5 Å². The van der Waals surface area contributed by atoms with Gasteiger partial charge in [0.25, 0.3) is 11.5 Å². The summed E-state index contributed by atoms with van der Waals surface area (Å²) in [6.45, 7) is 8.45. The number of aliphatic hydroxyl groups is 1. The van der Waals surface area contributed by atoms with Crippen molar-refractivity contribution in [3.8, 4) is 5.75 Å². The summed E-state index contributed by atoms with van der Waals surface area (Å²) >= 11 is 0. The second-order valence-corrected chi connectivity index (χ2v) is 12.2. The molecule has 4 amide bonds. The van der Waals surface area contributed by atoms with Crippen molar-refractivity contribution in [2.24, 2.45) is 0 Å². The summed E-state index contributed by atoms with van der Waals surface area (Å²) in [5.41, 5.74) is -7.09. The fraction of sp³-hybridized carbons (Fsp3) is 0.548. The van der Waals surface area contributed by atoms with Crippen LogP contribution in [0, 0.1) is 0 Å². The summed E-state index contributed by atoms with van der Waals surface area (Å²) in [6.07, 6.45) is -10.1. The van der Waals surface area contributed by atoms with Gasteiger partial charge < -0.3 is 25.0 Å².